The zero-order valence-corrected chi connectivity index (χ0v) is 8.58. The molecule has 3 heterocycles. The van der Waals surface area contributed by atoms with Crippen molar-refractivity contribution in [3.05, 3.63) is 35.3 Å². The molecule has 0 aromatic carbocycles. The van der Waals surface area contributed by atoms with Crippen LogP contribution < -0.4 is 5.32 Å². The van der Waals surface area contributed by atoms with E-state index in [4.69, 9.17) is 0 Å². The van der Waals surface area contributed by atoms with Crippen LogP contribution in [-0.2, 0) is 0 Å². The van der Waals surface area contributed by atoms with Crippen LogP contribution in [0.25, 0.3) is 11.0 Å². The van der Waals surface area contributed by atoms with E-state index in [0.29, 0.717) is 0 Å². The lowest BCUT2D eigenvalue weighted by Crippen LogP contribution is -1.90. The molecule has 0 bridgehead atoms. The Hall–Kier alpha value is -1.88. The third-order valence-electron chi connectivity index (χ3n) is 2.14. The van der Waals surface area contributed by atoms with Crippen molar-refractivity contribution in [1.82, 2.24) is 15.2 Å². The van der Waals surface area contributed by atoms with Gasteiger partial charge in [0.1, 0.15) is 11.0 Å². The number of H-pyrrole nitrogens is 1. The van der Waals surface area contributed by atoms with Gasteiger partial charge in [-0.25, -0.2) is 0 Å². The average Bonchev–Trinajstić information content (AvgIpc) is 2.87. The van der Waals surface area contributed by atoms with Crippen LogP contribution >= 0.6 is 11.3 Å². The molecular formula is C10H8N4S. The molecule has 0 saturated heterocycles. The Morgan fingerprint density at radius 1 is 1.33 bits per heavy atom. The first-order valence-electron chi connectivity index (χ1n) is 4.51. The van der Waals surface area contributed by atoms with Crippen LogP contribution in [0.1, 0.15) is 0 Å². The van der Waals surface area contributed by atoms with Gasteiger partial charge in [0.2, 0.25) is 0 Å². The van der Waals surface area contributed by atoms with Gasteiger partial charge in [0.15, 0.2) is 0 Å². The van der Waals surface area contributed by atoms with Crippen molar-refractivity contribution in [3.8, 4) is 0 Å². The normalized spacial score (nSPS) is 10.7. The first kappa shape index (κ1) is 8.43. The Labute approximate surface area is 90.0 Å². The summed E-state index contributed by atoms with van der Waals surface area (Å²) in [5, 5.41) is 14.3. The summed E-state index contributed by atoms with van der Waals surface area (Å²) in [6, 6.07) is 3.96. The van der Waals surface area contributed by atoms with Gasteiger partial charge in [0, 0.05) is 17.3 Å². The van der Waals surface area contributed by atoms with Crippen LogP contribution in [0.2, 0.25) is 0 Å². The molecule has 3 aromatic rings. The number of anilines is 2. The summed E-state index contributed by atoms with van der Waals surface area (Å²) in [5.74, 6) is 0. The Kier molecular flexibility index (Phi) is 1.89. The number of nitrogens with zero attached hydrogens (tertiary/aromatic N) is 2. The zero-order valence-electron chi connectivity index (χ0n) is 7.77. The second kappa shape index (κ2) is 3.36. The smallest absolute Gasteiger partial charge is 0.110 e. The van der Waals surface area contributed by atoms with Crippen molar-refractivity contribution in [2.24, 2.45) is 0 Å². The molecule has 3 rings (SSSR count). The molecule has 5 heteroatoms. The quantitative estimate of drug-likeness (QED) is 0.692. The molecule has 3 aromatic heterocycles. The predicted molar refractivity (Wildman–Crippen MR) is 61.5 cm³/mol. The first-order chi connectivity index (χ1) is 7.43. The van der Waals surface area contributed by atoms with Crippen molar-refractivity contribution in [2.75, 3.05) is 5.32 Å². The van der Waals surface area contributed by atoms with Crippen LogP contribution in [0.15, 0.2) is 35.3 Å². The summed E-state index contributed by atoms with van der Waals surface area (Å²) in [6.45, 7) is 0. The molecule has 0 aliphatic rings. The van der Waals surface area contributed by atoms with Crippen molar-refractivity contribution >= 4 is 33.7 Å². The minimum absolute atomic E-state index is 0.871. The fraction of sp³-hybridized carbons (Fsp3) is 0. The van der Waals surface area contributed by atoms with E-state index in [0.717, 1.165) is 22.4 Å². The van der Waals surface area contributed by atoms with Crippen molar-refractivity contribution in [2.45, 2.75) is 0 Å². The molecule has 0 unspecified atom stereocenters. The van der Waals surface area contributed by atoms with E-state index in [2.05, 4.69) is 25.9 Å². The number of hydrogen-bond donors (Lipinski definition) is 2. The molecular weight excluding hydrogens is 208 g/mol. The molecule has 0 amide bonds. The molecule has 0 fully saturated rings. The Morgan fingerprint density at radius 2 is 2.33 bits per heavy atom. The highest BCUT2D eigenvalue weighted by Crippen LogP contribution is 2.23. The van der Waals surface area contributed by atoms with E-state index in [1.54, 1.807) is 23.7 Å². The fourth-order valence-corrected chi connectivity index (χ4v) is 2.03. The largest absolute Gasteiger partial charge is 0.353 e. The summed E-state index contributed by atoms with van der Waals surface area (Å²) in [7, 11) is 0. The number of nitrogens with one attached hydrogen (secondary N) is 2. The first-order valence-corrected chi connectivity index (χ1v) is 5.45. The molecule has 0 saturated carbocycles. The molecule has 15 heavy (non-hydrogen) atoms. The number of aromatic nitrogens is 3. The maximum Gasteiger partial charge on any atom is 0.110 e. The number of fused-ring (bicyclic) bond motifs is 1. The van der Waals surface area contributed by atoms with E-state index in [-0.39, 0.29) is 0 Å². The second-order valence-corrected chi connectivity index (χ2v) is 3.91. The molecule has 0 aliphatic heterocycles. The summed E-state index contributed by atoms with van der Waals surface area (Å²) < 4.78 is 0. The Balaban J connectivity index is 2.07. The van der Waals surface area contributed by atoms with E-state index in [9.17, 15) is 0 Å². The van der Waals surface area contributed by atoms with Crippen LogP contribution in [0.4, 0.5) is 11.4 Å². The molecule has 74 valence electrons. The average molecular weight is 216 g/mol. The maximum atomic E-state index is 4.20. The predicted octanol–water partition coefficient (Wildman–Crippen LogP) is 2.76. The lowest BCUT2D eigenvalue weighted by atomic mass is 10.3. The summed E-state index contributed by atoms with van der Waals surface area (Å²) >= 11 is 1.66. The van der Waals surface area contributed by atoms with Crippen molar-refractivity contribution in [3.63, 3.8) is 0 Å². The number of thiophene rings is 1. The summed E-state index contributed by atoms with van der Waals surface area (Å²) in [5.41, 5.74) is 3.89. The van der Waals surface area contributed by atoms with Gasteiger partial charge >= 0.3 is 0 Å². The number of rotatable bonds is 2. The standard InChI is InChI=1S/C10H8N4S/c1-3-11-9-5-12-14-10(9)8(1)13-7-2-4-15-6-7/h1-6H,(H,11,13)(H,12,14). The van der Waals surface area contributed by atoms with Crippen LogP contribution in [0.5, 0.6) is 0 Å². The van der Waals surface area contributed by atoms with Gasteiger partial charge in [0.25, 0.3) is 0 Å². The van der Waals surface area contributed by atoms with E-state index >= 15 is 0 Å². The highest BCUT2D eigenvalue weighted by atomic mass is 32.1. The second-order valence-electron chi connectivity index (χ2n) is 3.13. The van der Waals surface area contributed by atoms with E-state index < -0.39 is 0 Å². The Bertz CT molecular complexity index is 570. The van der Waals surface area contributed by atoms with Gasteiger partial charge in [-0.05, 0) is 17.5 Å². The van der Waals surface area contributed by atoms with Crippen molar-refractivity contribution in [1.29, 1.82) is 0 Å². The number of aromatic amines is 1. The monoisotopic (exact) mass is 216 g/mol. The number of pyridine rings is 1. The van der Waals surface area contributed by atoms with E-state index in [1.807, 2.05) is 17.5 Å². The minimum Gasteiger partial charge on any atom is -0.353 e. The van der Waals surface area contributed by atoms with Crippen LogP contribution in [0.3, 0.4) is 0 Å². The van der Waals surface area contributed by atoms with Gasteiger partial charge in [-0.3, -0.25) is 10.1 Å². The molecule has 0 atom stereocenters. The molecule has 0 aliphatic carbocycles. The van der Waals surface area contributed by atoms with Gasteiger partial charge in [0.05, 0.1) is 11.9 Å². The topological polar surface area (TPSA) is 53.6 Å². The van der Waals surface area contributed by atoms with Crippen LogP contribution in [-0.4, -0.2) is 15.2 Å². The molecule has 0 spiro atoms. The zero-order chi connectivity index (χ0) is 10.1. The maximum absolute atomic E-state index is 4.20. The molecule has 0 radical (unpaired) electrons. The lowest BCUT2D eigenvalue weighted by Gasteiger charge is -2.03. The SMILES string of the molecule is c1cc(Nc2ccsc2)c2[nH]ncc2n1. The summed E-state index contributed by atoms with van der Waals surface area (Å²) in [4.78, 5) is 4.20. The number of hydrogen-bond acceptors (Lipinski definition) is 4. The lowest BCUT2D eigenvalue weighted by molar-refractivity contribution is 1.12. The highest BCUT2D eigenvalue weighted by Gasteiger charge is 2.03. The highest BCUT2D eigenvalue weighted by molar-refractivity contribution is 7.08. The van der Waals surface area contributed by atoms with Gasteiger partial charge in [-0.1, -0.05) is 0 Å². The third-order valence-corrected chi connectivity index (χ3v) is 2.83. The van der Waals surface area contributed by atoms with Gasteiger partial charge in [-0.15, -0.1) is 0 Å². The van der Waals surface area contributed by atoms with Crippen molar-refractivity contribution < 1.29 is 0 Å². The van der Waals surface area contributed by atoms with Gasteiger partial charge < -0.3 is 5.32 Å². The molecule has 2 N–H and O–H groups in total. The summed E-state index contributed by atoms with van der Waals surface area (Å²) in [6.07, 6.45) is 3.49. The minimum atomic E-state index is 0.871. The third kappa shape index (κ3) is 1.46. The van der Waals surface area contributed by atoms with Gasteiger partial charge in [-0.2, -0.15) is 16.4 Å². The molecule has 4 nitrogen and oxygen atoms in total. The van der Waals surface area contributed by atoms with Crippen LogP contribution in [0, 0.1) is 0 Å². The van der Waals surface area contributed by atoms with E-state index in [1.165, 1.54) is 0 Å². The fourth-order valence-electron chi connectivity index (χ4n) is 1.45. The Morgan fingerprint density at radius 3 is 3.20 bits per heavy atom.